The van der Waals surface area contributed by atoms with Crippen molar-refractivity contribution < 1.29 is 19.1 Å². The molecule has 0 spiro atoms. The van der Waals surface area contributed by atoms with Gasteiger partial charge in [-0.15, -0.1) is 0 Å². The number of carbonyl (C=O) groups excluding carboxylic acids is 2. The Bertz CT molecular complexity index is 520. The molecule has 1 aromatic rings. The molecule has 5 nitrogen and oxygen atoms in total. The van der Waals surface area contributed by atoms with Gasteiger partial charge < -0.3 is 15.2 Å². The van der Waals surface area contributed by atoms with Gasteiger partial charge in [-0.1, -0.05) is 11.6 Å². The Morgan fingerprint density at radius 1 is 1.30 bits per heavy atom. The molecule has 0 aromatic heterocycles. The van der Waals surface area contributed by atoms with Crippen LogP contribution in [0.4, 0.5) is 0 Å². The molecule has 6 heteroatoms. The van der Waals surface area contributed by atoms with Crippen molar-refractivity contribution in [2.75, 3.05) is 0 Å². The molecule has 1 rings (SSSR count). The van der Waals surface area contributed by atoms with Crippen molar-refractivity contribution in [1.29, 1.82) is 0 Å². The monoisotopic (exact) mass is 299 g/mol. The fourth-order valence-corrected chi connectivity index (χ4v) is 1.46. The summed E-state index contributed by atoms with van der Waals surface area (Å²) < 4.78 is 10.3. The van der Waals surface area contributed by atoms with E-state index in [0.717, 1.165) is 0 Å². The maximum absolute atomic E-state index is 12.1. The van der Waals surface area contributed by atoms with E-state index in [-0.39, 0.29) is 11.3 Å². The number of halogens is 1. The first-order valence-corrected chi connectivity index (χ1v) is 6.48. The van der Waals surface area contributed by atoms with Crippen LogP contribution in [0.2, 0.25) is 5.02 Å². The molecule has 0 aliphatic heterocycles. The lowest BCUT2D eigenvalue weighted by Crippen LogP contribution is -2.31. The van der Waals surface area contributed by atoms with Crippen molar-refractivity contribution in [1.82, 2.24) is 0 Å². The number of esters is 2. The molecular formula is C14H18ClNO4. The first kappa shape index (κ1) is 16.5. The number of ether oxygens (including phenoxy) is 2. The van der Waals surface area contributed by atoms with Gasteiger partial charge in [0.05, 0.1) is 0 Å². The Morgan fingerprint density at radius 3 is 2.40 bits per heavy atom. The van der Waals surface area contributed by atoms with Crippen LogP contribution in [0.3, 0.4) is 0 Å². The second-order valence-corrected chi connectivity index (χ2v) is 5.79. The highest BCUT2D eigenvalue weighted by molar-refractivity contribution is 6.31. The Kier molecular flexibility index (Phi) is 5.14. The van der Waals surface area contributed by atoms with Crippen molar-refractivity contribution in [3.8, 4) is 5.75 Å². The summed E-state index contributed by atoms with van der Waals surface area (Å²) >= 11 is 5.86. The maximum atomic E-state index is 12.1. The van der Waals surface area contributed by atoms with Gasteiger partial charge >= 0.3 is 11.9 Å². The van der Waals surface area contributed by atoms with E-state index in [1.807, 2.05) is 0 Å². The highest BCUT2D eigenvalue weighted by atomic mass is 35.5. The Morgan fingerprint density at radius 2 is 1.90 bits per heavy atom. The number of hydrogen-bond donors (Lipinski definition) is 1. The predicted octanol–water partition coefficient (Wildman–Crippen LogP) is 2.55. The molecule has 0 aliphatic rings. The van der Waals surface area contributed by atoms with Gasteiger partial charge in [0.25, 0.3) is 0 Å². The van der Waals surface area contributed by atoms with Gasteiger partial charge in [-0.3, -0.25) is 0 Å². The molecule has 0 unspecified atom stereocenters. The van der Waals surface area contributed by atoms with E-state index >= 15 is 0 Å². The summed E-state index contributed by atoms with van der Waals surface area (Å²) in [5.41, 5.74) is 4.84. The van der Waals surface area contributed by atoms with Crippen LogP contribution in [0.1, 0.15) is 38.1 Å². The maximum Gasteiger partial charge on any atom is 0.342 e. The van der Waals surface area contributed by atoms with Crippen LogP contribution < -0.4 is 10.5 Å². The second-order valence-electron chi connectivity index (χ2n) is 5.35. The lowest BCUT2D eigenvalue weighted by Gasteiger charge is -2.20. The van der Waals surface area contributed by atoms with Crippen molar-refractivity contribution in [3.05, 3.63) is 28.8 Å². The predicted molar refractivity (Wildman–Crippen MR) is 75.9 cm³/mol. The van der Waals surface area contributed by atoms with Crippen LogP contribution >= 0.6 is 11.6 Å². The average molecular weight is 300 g/mol. The number of hydrogen-bond acceptors (Lipinski definition) is 5. The summed E-state index contributed by atoms with van der Waals surface area (Å²) in [6.45, 7) is 6.71. The quantitative estimate of drug-likeness (QED) is 0.685. The molecule has 0 saturated carbocycles. The van der Waals surface area contributed by atoms with E-state index in [1.54, 1.807) is 20.8 Å². The third kappa shape index (κ3) is 4.83. The zero-order chi connectivity index (χ0) is 15.5. The van der Waals surface area contributed by atoms with Gasteiger partial charge in [0.15, 0.2) is 0 Å². The number of benzene rings is 1. The zero-order valence-corrected chi connectivity index (χ0v) is 12.7. The summed E-state index contributed by atoms with van der Waals surface area (Å²) in [5, 5.41) is 0.339. The molecule has 1 aromatic carbocycles. The van der Waals surface area contributed by atoms with Gasteiger partial charge in [-0.2, -0.15) is 0 Å². The number of rotatable bonds is 3. The van der Waals surface area contributed by atoms with Crippen LogP contribution in [-0.4, -0.2) is 23.6 Å². The van der Waals surface area contributed by atoms with E-state index < -0.39 is 23.6 Å². The molecular weight excluding hydrogens is 282 g/mol. The summed E-state index contributed by atoms with van der Waals surface area (Å²) in [4.78, 5) is 23.6. The first-order valence-electron chi connectivity index (χ1n) is 6.10. The van der Waals surface area contributed by atoms with Crippen LogP contribution in [-0.2, 0) is 9.53 Å². The molecule has 0 saturated heterocycles. The van der Waals surface area contributed by atoms with E-state index in [4.69, 9.17) is 26.8 Å². The third-order valence-corrected chi connectivity index (χ3v) is 2.38. The standard InChI is InChI=1S/C14H18ClNO4/c1-8(16)12(17)19-11-6-5-9(15)7-10(11)13(18)20-14(2,3)4/h5-8H,16H2,1-4H3/t8-/m0/s1. The molecule has 110 valence electrons. The fourth-order valence-electron chi connectivity index (χ4n) is 1.29. The number of carbonyl (C=O) groups is 2. The molecule has 1 atom stereocenters. The summed E-state index contributed by atoms with van der Waals surface area (Å²) in [5.74, 6) is -1.18. The van der Waals surface area contributed by atoms with Crippen molar-refractivity contribution in [3.63, 3.8) is 0 Å². The molecule has 2 N–H and O–H groups in total. The van der Waals surface area contributed by atoms with Gasteiger partial charge in [0, 0.05) is 5.02 Å². The minimum Gasteiger partial charge on any atom is -0.456 e. The average Bonchev–Trinajstić information content (AvgIpc) is 2.28. The Hall–Kier alpha value is -1.59. The van der Waals surface area contributed by atoms with Crippen LogP contribution in [0.5, 0.6) is 5.75 Å². The van der Waals surface area contributed by atoms with Crippen molar-refractivity contribution in [2.45, 2.75) is 39.3 Å². The van der Waals surface area contributed by atoms with Gasteiger partial charge in [-0.05, 0) is 45.9 Å². The van der Waals surface area contributed by atoms with E-state index in [0.29, 0.717) is 5.02 Å². The number of nitrogens with two attached hydrogens (primary N) is 1. The Balaban J connectivity index is 3.08. The molecule has 0 aliphatic carbocycles. The minimum atomic E-state index is -0.794. The van der Waals surface area contributed by atoms with E-state index in [9.17, 15) is 9.59 Å². The highest BCUT2D eigenvalue weighted by Gasteiger charge is 2.23. The lowest BCUT2D eigenvalue weighted by atomic mass is 10.1. The van der Waals surface area contributed by atoms with Gasteiger partial charge in [-0.25, -0.2) is 9.59 Å². The topological polar surface area (TPSA) is 78.6 Å². The SMILES string of the molecule is C[C@H](N)C(=O)Oc1ccc(Cl)cc1C(=O)OC(C)(C)C. The molecule has 0 amide bonds. The lowest BCUT2D eigenvalue weighted by molar-refractivity contribution is -0.135. The minimum absolute atomic E-state index is 0.0750. The zero-order valence-electron chi connectivity index (χ0n) is 11.9. The smallest absolute Gasteiger partial charge is 0.342 e. The molecule has 0 fully saturated rings. The van der Waals surface area contributed by atoms with Crippen LogP contribution in [0.25, 0.3) is 0 Å². The Labute approximate surface area is 123 Å². The highest BCUT2D eigenvalue weighted by Crippen LogP contribution is 2.25. The van der Waals surface area contributed by atoms with Crippen LogP contribution in [0.15, 0.2) is 18.2 Å². The molecule has 0 radical (unpaired) electrons. The summed E-state index contributed by atoms with van der Waals surface area (Å²) in [7, 11) is 0. The van der Waals surface area contributed by atoms with Gasteiger partial charge in [0.2, 0.25) is 0 Å². The van der Waals surface area contributed by atoms with E-state index in [1.165, 1.54) is 25.1 Å². The summed E-state index contributed by atoms with van der Waals surface area (Å²) in [6.07, 6.45) is 0. The third-order valence-electron chi connectivity index (χ3n) is 2.14. The molecule has 20 heavy (non-hydrogen) atoms. The summed E-state index contributed by atoms with van der Waals surface area (Å²) in [6, 6.07) is 3.54. The molecule has 0 bridgehead atoms. The fraction of sp³-hybridized carbons (Fsp3) is 0.429. The van der Waals surface area contributed by atoms with E-state index in [2.05, 4.69) is 0 Å². The van der Waals surface area contributed by atoms with Crippen LogP contribution in [0, 0.1) is 0 Å². The largest absolute Gasteiger partial charge is 0.456 e. The van der Waals surface area contributed by atoms with Crippen molar-refractivity contribution in [2.24, 2.45) is 5.73 Å². The van der Waals surface area contributed by atoms with Crippen molar-refractivity contribution >= 4 is 23.5 Å². The molecule has 0 heterocycles. The normalized spacial score (nSPS) is 12.7. The first-order chi connectivity index (χ1) is 9.10. The van der Waals surface area contributed by atoms with Gasteiger partial charge in [0.1, 0.15) is 23.0 Å². The second kappa shape index (κ2) is 6.24.